The summed E-state index contributed by atoms with van der Waals surface area (Å²) in [6.45, 7) is 3.44. The van der Waals surface area contributed by atoms with Gasteiger partial charge in [-0.15, -0.1) is 0 Å². The van der Waals surface area contributed by atoms with Gasteiger partial charge in [-0.1, -0.05) is 0 Å². The maximum absolute atomic E-state index is 12.2. The summed E-state index contributed by atoms with van der Waals surface area (Å²) in [6.07, 6.45) is 0. The molecular weight excluding hydrogens is 358 g/mol. The number of hydrogen-bond acceptors (Lipinski definition) is 7. The molecule has 1 aromatic heterocycles. The van der Waals surface area contributed by atoms with Crippen LogP contribution in [0.2, 0.25) is 0 Å². The van der Waals surface area contributed by atoms with Crippen LogP contribution in [-0.2, 0) is 16.1 Å². The molecule has 0 radical (unpaired) electrons. The van der Waals surface area contributed by atoms with Crippen molar-refractivity contribution >= 4 is 23.5 Å². The molecule has 2 amide bonds. The van der Waals surface area contributed by atoms with Gasteiger partial charge in [0.25, 0.3) is 17.5 Å². The van der Waals surface area contributed by atoms with Gasteiger partial charge < -0.3 is 4.74 Å². The molecule has 11 heteroatoms. The van der Waals surface area contributed by atoms with Gasteiger partial charge in [0.05, 0.1) is 23.3 Å². The Morgan fingerprint density at radius 1 is 1.15 bits per heavy atom. The predicted octanol–water partition coefficient (Wildman–Crippen LogP) is 0.656. The number of nitro benzene ring substituents is 1. The van der Waals surface area contributed by atoms with Crippen molar-refractivity contribution in [2.24, 2.45) is 0 Å². The Morgan fingerprint density at radius 3 is 2.37 bits per heavy atom. The summed E-state index contributed by atoms with van der Waals surface area (Å²) >= 11 is 0. The zero-order valence-electron chi connectivity index (χ0n) is 14.8. The fourth-order valence-electron chi connectivity index (χ4n) is 2.29. The van der Waals surface area contributed by atoms with Gasteiger partial charge in [-0.05, 0) is 26.0 Å². The molecule has 2 N–H and O–H groups in total. The highest BCUT2D eigenvalue weighted by Gasteiger charge is 2.19. The molecule has 0 aliphatic carbocycles. The van der Waals surface area contributed by atoms with Crippen molar-refractivity contribution in [3.63, 3.8) is 0 Å². The van der Waals surface area contributed by atoms with Gasteiger partial charge in [0.2, 0.25) is 0 Å². The molecule has 0 aliphatic heterocycles. The number of aryl methyl sites for hydroxylation is 2. The Balaban J connectivity index is 2.09. The molecule has 1 aromatic carbocycles. The minimum atomic E-state index is -0.832. The first-order valence-corrected chi connectivity index (χ1v) is 7.69. The number of carbonyl (C=O) groups is 3. The van der Waals surface area contributed by atoms with Gasteiger partial charge in [0, 0.05) is 23.4 Å². The molecule has 142 valence electrons. The van der Waals surface area contributed by atoms with Crippen LogP contribution in [0.5, 0.6) is 0 Å². The van der Waals surface area contributed by atoms with E-state index in [2.05, 4.69) is 20.7 Å². The Hall–Kier alpha value is -3.76. The van der Waals surface area contributed by atoms with Crippen molar-refractivity contribution in [1.82, 2.24) is 20.6 Å². The first-order valence-electron chi connectivity index (χ1n) is 7.69. The SMILES string of the molecule is COC(=O)c1cc(C(=O)NNC(=O)Cn2nc(C)cc2C)cc([N+](=O)[O-])c1. The van der Waals surface area contributed by atoms with Crippen LogP contribution in [0, 0.1) is 24.0 Å². The fraction of sp³-hybridized carbons (Fsp3) is 0.250. The van der Waals surface area contributed by atoms with Gasteiger partial charge in [-0.25, -0.2) is 4.79 Å². The molecule has 2 aromatic rings. The monoisotopic (exact) mass is 375 g/mol. The number of methoxy groups -OCH3 is 1. The van der Waals surface area contributed by atoms with Crippen molar-refractivity contribution in [2.45, 2.75) is 20.4 Å². The molecule has 11 nitrogen and oxygen atoms in total. The van der Waals surface area contributed by atoms with E-state index < -0.39 is 28.4 Å². The number of hydrazine groups is 1. The lowest BCUT2D eigenvalue weighted by molar-refractivity contribution is -0.384. The van der Waals surface area contributed by atoms with Crippen molar-refractivity contribution < 1.29 is 24.0 Å². The molecule has 0 unspecified atom stereocenters. The normalized spacial score (nSPS) is 10.2. The number of esters is 1. The van der Waals surface area contributed by atoms with Crippen LogP contribution >= 0.6 is 0 Å². The number of amides is 2. The van der Waals surface area contributed by atoms with E-state index in [1.807, 2.05) is 0 Å². The lowest BCUT2D eigenvalue weighted by Crippen LogP contribution is -2.43. The summed E-state index contributed by atoms with van der Waals surface area (Å²) in [7, 11) is 1.11. The molecular formula is C16H17N5O6. The first-order chi connectivity index (χ1) is 12.7. The van der Waals surface area contributed by atoms with Gasteiger partial charge in [-0.2, -0.15) is 5.10 Å². The summed E-state index contributed by atoms with van der Waals surface area (Å²) in [5, 5.41) is 15.1. The lowest BCUT2D eigenvalue weighted by atomic mass is 10.1. The van der Waals surface area contributed by atoms with Gasteiger partial charge in [-0.3, -0.25) is 35.2 Å². The number of rotatable bonds is 5. The number of aromatic nitrogens is 2. The average molecular weight is 375 g/mol. The maximum atomic E-state index is 12.2. The molecule has 0 atom stereocenters. The quantitative estimate of drug-likeness (QED) is 0.443. The fourth-order valence-corrected chi connectivity index (χ4v) is 2.29. The minimum absolute atomic E-state index is 0.123. The summed E-state index contributed by atoms with van der Waals surface area (Å²) in [5.74, 6) is -2.21. The Labute approximate surface area is 153 Å². The lowest BCUT2D eigenvalue weighted by Gasteiger charge is -2.09. The molecule has 0 bridgehead atoms. The van der Waals surface area contributed by atoms with E-state index in [0.717, 1.165) is 36.7 Å². The van der Waals surface area contributed by atoms with E-state index in [-0.39, 0.29) is 17.7 Å². The number of ether oxygens (including phenoxy) is 1. The van der Waals surface area contributed by atoms with Crippen molar-refractivity contribution in [1.29, 1.82) is 0 Å². The smallest absolute Gasteiger partial charge is 0.338 e. The van der Waals surface area contributed by atoms with Gasteiger partial charge >= 0.3 is 5.97 Å². The Morgan fingerprint density at radius 2 is 1.81 bits per heavy atom. The number of non-ortho nitro benzene ring substituents is 1. The third-order valence-corrected chi connectivity index (χ3v) is 3.52. The predicted molar refractivity (Wildman–Crippen MR) is 91.7 cm³/mol. The van der Waals surface area contributed by atoms with E-state index in [9.17, 15) is 24.5 Å². The van der Waals surface area contributed by atoms with Gasteiger partial charge in [0.15, 0.2) is 0 Å². The molecule has 1 heterocycles. The highest BCUT2D eigenvalue weighted by atomic mass is 16.6. The summed E-state index contributed by atoms with van der Waals surface area (Å²) in [4.78, 5) is 46.0. The van der Waals surface area contributed by atoms with Gasteiger partial charge in [0.1, 0.15) is 6.54 Å². The molecule has 2 rings (SSSR count). The average Bonchev–Trinajstić information content (AvgIpc) is 2.95. The van der Waals surface area contributed by atoms with Crippen LogP contribution in [-0.4, -0.2) is 39.6 Å². The zero-order valence-corrected chi connectivity index (χ0v) is 14.8. The standard InChI is InChI=1S/C16H17N5O6/c1-9-4-10(2)20(19-9)8-14(22)17-18-15(23)11-5-12(16(24)27-3)7-13(6-11)21(25)26/h4-7H,8H2,1-3H3,(H,17,22)(H,18,23). The highest BCUT2D eigenvalue weighted by molar-refractivity contribution is 5.99. The summed E-state index contributed by atoms with van der Waals surface area (Å²) < 4.78 is 5.97. The number of carbonyl (C=O) groups excluding carboxylic acids is 3. The molecule has 0 saturated carbocycles. The topological polar surface area (TPSA) is 145 Å². The molecule has 0 aliphatic rings. The zero-order chi connectivity index (χ0) is 20.1. The second-order valence-corrected chi connectivity index (χ2v) is 5.60. The van der Waals surface area contributed by atoms with Crippen molar-refractivity contribution in [2.75, 3.05) is 7.11 Å². The van der Waals surface area contributed by atoms with E-state index in [1.54, 1.807) is 19.9 Å². The van der Waals surface area contributed by atoms with E-state index >= 15 is 0 Å². The van der Waals surface area contributed by atoms with Crippen LogP contribution in [0.4, 0.5) is 5.69 Å². The highest BCUT2D eigenvalue weighted by Crippen LogP contribution is 2.18. The van der Waals surface area contributed by atoms with Crippen molar-refractivity contribution in [3.8, 4) is 0 Å². The van der Waals surface area contributed by atoms with E-state index in [1.165, 1.54) is 4.68 Å². The Bertz CT molecular complexity index is 920. The van der Waals surface area contributed by atoms with Crippen LogP contribution < -0.4 is 10.9 Å². The molecule has 0 fully saturated rings. The minimum Gasteiger partial charge on any atom is -0.465 e. The van der Waals surface area contributed by atoms with E-state index in [0.29, 0.717) is 0 Å². The number of benzene rings is 1. The summed E-state index contributed by atoms with van der Waals surface area (Å²) in [6, 6.07) is 4.89. The number of nitrogens with zero attached hydrogens (tertiary/aromatic N) is 3. The van der Waals surface area contributed by atoms with Crippen LogP contribution in [0.25, 0.3) is 0 Å². The van der Waals surface area contributed by atoms with Crippen LogP contribution in [0.15, 0.2) is 24.3 Å². The largest absolute Gasteiger partial charge is 0.465 e. The molecule has 0 saturated heterocycles. The maximum Gasteiger partial charge on any atom is 0.338 e. The third kappa shape index (κ3) is 4.87. The molecule has 27 heavy (non-hydrogen) atoms. The molecule has 0 spiro atoms. The van der Waals surface area contributed by atoms with Crippen LogP contribution in [0.3, 0.4) is 0 Å². The number of nitrogens with one attached hydrogen (secondary N) is 2. The number of hydrogen-bond donors (Lipinski definition) is 2. The first kappa shape index (κ1) is 19.6. The van der Waals surface area contributed by atoms with Crippen molar-refractivity contribution in [3.05, 3.63) is 56.9 Å². The van der Waals surface area contributed by atoms with E-state index in [4.69, 9.17) is 0 Å². The third-order valence-electron chi connectivity index (χ3n) is 3.52. The second-order valence-electron chi connectivity index (χ2n) is 5.60. The second kappa shape index (κ2) is 8.08. The Kier molecular flexibility index (Phi) is 5.85. The number of nitro groups is 1. The van der Waals surface area contributed by atoms with Crippen LogP contribution in [0.1, 0.15) is 32.1 Å². The summed E-state index contributed by atoms with van der Waals surface area (Å²) in [5.41, 5.74) is 5.05.